The number of methoxy groups -OCH3 is 1. The first-order valence-electron chi connectivity index (χ1n) is 5.05. The highest BCUT2D eigenvalue weighted by molar-refractivity contribution is 6.67. The van der Waals surface area contributed by atoms with Crippen LogP contribution in [0.3, 0.4) is 0 Å². The van der Waals surface area contributed by atoms with Crippen LogP contribution < -0.4 is 9.47 Å². The minimum Gasteiger partial charge on any atom is -0.493 e. The van der Waals surface area contributed by atoms with Gasteiger partial charge in [-0.2, -0.15) is 0 Å². The molecule has 0 unspecified atom stereocenters. The van der Waals surface area contributed by atoms with Crippen LogP contribution in [-0.4, -0.2) is 19.0 Å². The van der Waals surface area contributed by atoms with Crippen LogP contribution >= 0.6 is 11.6 Å². The zero-order valence-corrected chi connectivity index (χ0v) is 10.4. The molecular weight excluding hydrogens is 228 g/mol. The van der Waals surface area contributed by atoms with E-state index in [0.717, 1.165) is 0 Å². The van der Waals surface area contributed by atoms with Crippen molar-refractivity contribution >= 4 is 16.8 Å². The summed E-state index contributed by atoms with van der Waals surface area (Å²) in [5.41, 5.74) is 0.404. The van der Waals surface area contributed by atoms with E-state index in [4.69, 9.17) is 21.1 Å². The van der Waals surface area contributed by atoms with Gasteiger partial charge in [0.25, 0.3) is 5.24 Å². The van der Waals surface area contributed by atoms with Crippen molar-refractivity contribution in [1.82, 2.24) is 0 Å². The van der Waals surface area contributed by atoms with Crippen LogP contribution in [-0.2, 0) is 0 Å². The lowest BCUT2D eigenvalue weighted by Crippen LogP contribution is -2.06. The minimum absolute atomic E-state index is 0.403. The van der Waals surface area contributed by atoms with Gasteiger partial charge in [-0.25, -0.2) is 0 Å². The molecular formula is C12H15ClO3. The number of halogens is 1. The van der Waals surface area contributed by atoms with Gasteiger partial charge in [-0.15, -0.1) is 0 Å². The molecule has 1 aromatic carbocycles. The molecule has 0 atom stereocenters. The summed E-state index contributed by atoms with van der Waals surface area (Å²) in [5, 5.41) is -0.503. The maximum absolute atomic E-state index is 11.0. The van der Waals surface area contributed by atoms with E-state index in [1.807, 2.05) is 13.8 Å². The second-order valence-electron chi connectivity index (χ2n) is 3.84. The summed E-state index contributed by atoms with van der Waals surface area (Å²) in [7, 11) is 1.56. The van der Waals surface area contributed by atoms with Crippen LogP contribution in [0.4, 0.5) is 0 Å². The molecule has 0 fully saturated rings. The number of carbonyl (C=O) groups excluding carboxylic acids is 1. The van der Waals surface area contributed by atoms with E-state index in [1.54, 1.807) is 25.3 Å². The molecule has 0 bridgehead atoms. The van der Waals surface area contributed by atoms with Crippen LogP contribution in [0.5, 0.6) is 11.5 Å². The molecule has 1 rings (SSSR count). The highest BCUT2D eigenvalue weighted by Crippen LogP contribution is 2.28. The molecule has 0 aliphatic heterocycles. The normalized spacial score (nSPS) is 10.3. The summed E-state index contributed by atoms with van der Waals surface area (Å²) in [6.07, 6.45) is 0. The van der Waals surface area contributed by atoms with Gasteiger partial charge in [0.15, 0.2) is 11.5 Å². The van der Waals surface area contributed by atoms with E-state index in [1.165, 1.54) is 0 Å². The third-order valence-electron chi connectivity index (χ3n) is 1.96. The third kappa shape index (κ3) is 3.42. The van der Waals surface area contributed by atoms with Crippen LogP contribution in [0.25, 0.3) is 0 Å². The molecule has 0 saturated heterocycles. The average Bonchev–Trinajstić information content (AvgIpc) is 2.25. The monoisotopic (exact) mass is 242 g/mol. The molecule has 0 aliphatic carbocycles. The number of carbonyl (C=O) groups is 1. The van der Waals surface area contributed by atoms with Gasteiger partial charge in [-0.3, -0.25) is 4.79 Å². The second-order valence-corrected chi connectivity index (χ2v) is 4.19. The molecule has 3 nitrogen and oxygen atoms in total. The topological polar surface area (TPSA) is 35.5 Å². The first-order chi connectivity index (χ1) is 7.54. The Labute approximate surface area is 100 Å². The lowest BCUT2D eigenvalue weighted by Gasteiger charge is -2.12. The van der Waals surface area contributed by atoms with E-state index >= 15 is 0 Å². The first-order valence-corrected chi connectivity index (χ1v) is 5.43. The van der Waals surface area contributed by atoms with Crippen molar-refractivity contribution in [2.45, 2.75) is 13.8 Å². The van der Waals surface area contributed by atoms with Crippen LogP contribution in [0.15, 0.2) is 18.2 Å². The van der Waals surface area contributed by atoms with Gasteiger partial charge >= 0.3 is 0 Å². The van der Waals surface area contributed by atoms with Crippen LogP contribution in [0.2, 0.25) is 0 Å². The molecule has 88 valence electrons. The van der Waals surface area contributed by atoms with Crippen molar-refractivity contribution in [2.24, 2.45) is 5.92 Å². The van der Waals surface area contributed by atoms with Gasteiger partial charge in [0.05, 0.1) is 13.7 Å². The van der Waals surface area contributed by atoms with Crippen molar-refractivity contribution in [1.29, 1.82) is 0 Å². The molecule has 1 aromatic rings. The third-order valence-corrected chi connectivity index (χ3v) is 2.18. The first kappa shape index (κ1) is 12.8. The summed E-state index contributed by atoms with van der Waals surface area (Å²) >= 11 is 5.40. The van der Waals surface area contributed by atoms with Crippen LogP contribution in [0.1, 0.15) is 24.2 Å². The molecule has 0 radical (unpaired) electrons. The predicted molar refractivity (Wildman–Crippen MR) is 63.5 cm³/mol. The average molecular weight is 243 g/mol. The van der Waals surface area contributed by atoms with Crippen molar-refractivity contribution in [3.63, 3.8) is 0 Å². The number of rotatable bonds is 5. The Hall–Kier alpha value is -1.22. The van der Waals surface area contributed by atoms with Gasteiger partial charge in [0, 0.05) is 5.56 Å². The molecule has 4 heteroatoms. The molecule has 0 aromatic heterocycles. The van der Waals surface area contributed by atoms with Crippen molar-refractivity contribution in [2.75, 3.05) is 13.7 Å². The summed E-state index contributed by atoms with van der Waals surface area (Å²) in [6, 6.07) is 4.87. The summed E-state index contributed by atoms with van der Waals surface area (Å²) in [4.78, 5) is 11.0. The molecule has 0 amide bonds. The predicted octanol–water partition coefficient (Wildman–Crippen LogP) is 3.11. The SMILES string of the molecule is COc1ccc(C(=O)Cl)cc1OCC(C)C. The Morgan fingerprint density at radius 1 is 1.38 bits per heavy atom. The smallest absolute Gasteiger partial charge is 0.252 e. The quantitative estimate of drug-likeness (QED) is 0.745. The fourth-order valence-electron chi connectivity index (χ4n) is 1.17. The van der Waals surface area contributed by atoms with Crippen molar-refractivity contribution < 1.29 is 14.3 Å². The number of ether oxygens (including phenoxy) is 2. The summed E-state index contributed by atoms with van der Waals surface area (Å²) < 4.78 is 10.7. The second kappa shape index (κ2) is 5.75. The Morgan fingerprint density at radius 2 is 2.06 bits per heavy atom. The Balaban J connectivity index is 2.93. The van der Waals surface area contributed by atoms with Crippen molar-refractivity contribution in [3.05, 3.63) is 23.8 Å². The van der Waals surface area contributed by atoms with E-state index in [2.05, 4.69) is 0 Å². The van der Waals surface area contributed by atoms with E-state index in [9.17, 15) is 4.79 Å². The van der Waals surface area contributed by atoms with E-state index in [-0.39, 0.29) is 0 Å². The lowest BCUT2D eigenvalue weighted by atomic mass is 10.2. The molecule has 0 heterocycles. The lowest BCUT2D eigenvalue weighted by molar-refractivity contribution is 0.108. The standard InChI is InChI=1S/C12H15ClO3/c1-8(2)7-16-11-6-9(12(13)14)4-5-10(11)15-3/h4-6,8H,7H2,1-3H3. The highest BCUT2D eigenvalue weighted by Gasteiger charge is 2.09. The summed E-state index contributed by atoms with van der Waals surface area (Å²) in [5.74, 6) is 1.55. The van der Waals surface area contributed by atoms with Crippen molar-refractivity contribution in [3.8, 4) is 11.5 Å². The molecule has 16 heavy (non-hydrogen) atoms. The molecule has 0 saturated carbocycles. The fraction of sp³-hybridized carbons (Fsp3) is 0.417. The molecule has 0 aliphatic rings. The van der Waals surface area contributed by atoms with Gasteiger partial charge < -0.3 is 9.47 Å². The summed E-state index contributed by atoms with van der Waals surface area (Å²) in [6.45, 7) is 4.66. The Kier molecular flexibility index (Phi) is 4.62. The Bertz CT molecular complexity index is 375. The molecule has 0 N–H and O–H groups in total. The Morgan fingerprint density at radius 3 is 2.56 bits per heavy atom. The zero-order chi connectivity index (χ0) is 12.1. The van der Waals surface area contributed by atoms with Gasteiger partial charge in [-0.05, 0) is 35.7 Å². The maximum atomic E-state index is 11.0. The minimum atomic E-state index is -0.503. The van der Waals surface area contributed by atoms with Gasteiger partial charge in [0.1, 0.15) is 0 Å². The van der Waals surface area contributed by atoms with E-state index in [0.29, 0.717) is 29.6 Å². The van der Waals surface area contributed by atoms with Crippen LogP contribution in [0, 0.1) is 5.92 Å². The number of benzene rings is 1. The number of hydrogen-bond acceptors (Lipinski definition) is 3. The number of hydrogen-bond donors (Lipinski definition) is 0. The molecule has 0 spiro atoms. The van der Waals surface area contributed by atoms with Gasteiger partial charge in [-0.1, -0.05) is 13.8 Å². The zero-order valence-electron chi connectivity index (χ0n) is 9.62. The van der Waals surface area contributed by atoms with Gasteiger partial charge in [0.2, 0.25) is 0 Å². The maximum Gasteiger partial charge on any atom is 0.252 e. The highest BCUT2D eigenvalue weighted by atomic mass is 35.5. The fourth-order valence-corrected chi connectivity index (χ4v) is 1.29. The largest absolute Gasteiger partial charge is 0.493 e. The van der Waals surface area contributed by atoms with E-state index < -0.39 is 5.24 Å².